The molecule has 2 heteroatoms. The Labute approximate surface area is 87.3 Å². The molecule has 0 bridgehead atoms. The molecule has 2 atom stereocenters. The molecule has 0 aromatic carbocycles. The molecule has 0 radical (unpaired) electrons. The van der Waals surface area contributed by atoms with Crippen LogP contribution in [0.15, 0.2) is 9.89 Å². The van der Waals surface area contributed by atoms with Gasteiger partial charge in [0.2, 0.25) is 0 Å². The molecule has 0 saturated heterocycles. The Bertz CT molecular complexity index is 236. The van der Waals surface area contributed by atoms with E-state index >= 15 is 0 Å². The first-order chi connectivity index (χ1) is 5.58. The molecule has 0 N–H and O–H groups in total. The zero-order valence-electron chi connectivity index (χ0n) is 7.69. The van der Waals surface area contributed by atoms with Crippen LogP contribution in [0.4, 0.5) is 0 Å². The van der Waals surface area contributed by atoms with Crippen molar-refractivity contribution in [1.82, 2.24) is 0 Å². The van der Waals surface area contributed by atoms with Gasteiger partial charge in [0.25, 0.3) is 0 Å². The first-order valence-corrected chi connectivity index (χ1v) is 6.30. The minimum absolute atomic E-state index is 0.427. The summed E-state index contributed by atoms with van der Waals surface area (Å²) in [5.41, 5.74) is 0.427. The predicted octanol–water partition coefficient (Wildman–Crippen LogP) is 4.31. The van der Waals surface area contributed by atoms with Gasteiger partial charge in [-0.1, -0.05) is 35.7 Å². The predicted molar refractivity (Wildman–Crippen MR) is 59.6 cm³/mol. The Morgan fingerprint density at radius 1 is 1.33 bits per heavy atom. The van der Waals surface area contributed by atoms with Crippen LogP contribution in [-0.2, 0) is 0 Å². The Balaban J connectivity index is 2.35. The molecule has 1 saturated carbocycles. The molecule has 2 aliphatic rings. The van der Waals surface area contributed by atoms with Crippen LogP contribution in [-0.4, -0.2) is 4.75 Å². The van der Waals surface area contributed by atoms with Crippen molar-refractivity contribution in [3.8, 4) is 0 Å². The third kappa shape index (κ3) is 1.04. The number of allylic oxidation sites excluding steroid dienone is 1. The van der Waals surface area contributed by atoms with Gasteiger partial charge in [0, 0.05) is 14.6 Å². The highest BCUT2D eigenvalue weighted by Gasteiger charge is 2.51. The maximum absolute atomic E-state index is 3.71. The minimum atomic E-state index is 0.427. The van der Waals surface area contributed by atoms with Crippen molar-refractivity contribution in [2.75, 3.05) is 0 Å². The number of hydrogen-bond acceptors (Lipinski definition) is 1. The lowest BCUT2D eigenvalue weighted by Crippen LogP contribution is -2.40. The normalized spacial score (nSPS) is 47.1. The maximum Gasteiger partial charge on any atom is 0.0272 e. The van der Waals surface area contributed by atoms with Crippen LogP contribution in [0.25, 0.3) is 0 Å². The zero-order chi connectivity index (χ0) is 8.82. The highest BCUT2D eigenvalue weighted by Crippen LogP contribution is 2.62. The molecule has 1 fully saturated rings. The van der Waals surface area contributed by atoms with Gasteiger partial charge in [0.05, 0.1) is 0 Å². The van der Waals surface area contributed by atoms with Gasteiger partial charge in [-0.3, -0.25) is 0 Å². The quantitative estimate of drug-likeness (QED) is 0.614. The van der Waals surface area contributed by atoms with Crippen LogP contribution in [0, 0.1) is 5.41 Å². The maximum atomic E-state index is 3.71. The molecule has 1 aliphatic carbocycles. The molecule has 0 amide bonds. The topological polar surface area (TPSA) is 0 Å². The van der Waals surface area contributed by atoms with Gasteiger partial charge < -0.3 is 0 Å². The molecule has 0 aromatic rings. The van der Waals surface area contributed by atoms with Gasteiger partial charge in [-0.15, -0.1) is 11.8 Å². The van der Waals surface area contributed by atoms with Gasteiger partial charge in [-0.2, -0.15) is 0 Å². The third-order valence-corrected chi connectivity index (χ3v) is 6.63. The van der Waals surface area contributed by atoms with E-state index in [0.717, 1.165) is 0 Å². The Morgan fingerprint density at radius 2 is 2.00 bits per heavy atom. The second-order valence-electron chi connectivity index (χ2n) is 4.35. The SMILES string of the molecule is CC12CCCCC1(C)C(Br)=CS2. The largest absolute Gasteiger partial charge is 0.126 e. The van der Waals surface area contributed by atoms with E-state index in [0.29, 0.717) is 10.2 Å². The molecule has 0 nitrogen and oxygen atoms in total. The lowest BCUT2D eigenvalue weighted by atomic mass is 9.68. The van der Waals surface area contributed by atoms with Gasteiger partial charge in [0.1, 0.15) is 0 Å². The summed E-state index contributed by atoms with van der Waals surface area (Å²) in [5.74, 6) is 0. The van der Waals surface area contributed by atoms with Gasteiger partial charge in [-0.25, -0.2) is 0 Å². The van der Waals surface area contributed by atoms with Crippen molar-refractivity contribution >= 4 is 27.7 Å². The summed E-state index contributed by atoms with van der Waals surface area (Å²) < 4.78 is 1.91. The first kappa shape index (κ1) is 9.14. The summed E-state index contributed by atoms with van der Waals surface area (Å²) in [6, 6.07) is 0. The highest BCUT2D eigenvalue weighted by molar-refractivity contribution is 9.11. The summed E-state index contributed by atoms with van der Waals surface area (Å²) in [4.78, 5) is 0. The summed E-state index contributed by atoms with van der Waals surface area (Å²) in [6.07, 6.45) is 5.54. The van der Waals surface area contributed by atoms with Gasteiger partial charge in [0.15, 0.2) is 0 Å². The van der Waals surface area contributed by atoms with Crippen LogP contribution in [0.1, 0.15) is 39.5 Å². The Kier molecular flexibility index (Phi) is 2.12. The summed E-state index contributed by atoms with van der Waals surface area (Å²) in [7, 11) is 0. The van der Waals surface area contributed by atoms with Gasteiger partial charge in [-0.05, 0) is 25.2 Å². The molecule has 2 unspecified atom stereocenters. The van der Waals surface area contributed by atoms with Crippen molar-refractivity contribution in [3.63, 3.8) is 0 Å². The average molecular weight is 247 g/mol. The van der Waals surface area contributed by atoms with E-state index < -0.39 is 0 Å². The van der Waals surface area contributed by atoms with Crippen molar-refractivity contribution in [2.45, 2.75) is 44.3 Å². The summed E-state index contributed by atoms with van der Waals surface area (Å²) in [5, 5.41) is 2.31. The first-order valence-electron chi connectivity index (χ1n) is 4.62. The molecule has 68 valence electrons. The van der Waals surface area contributed by atoms with Crippen molar-refractivity contribution in [1.29, 1.82) is 0 Å². The summed E-state index contributed by atoms with van der Waals surface area (Å²) >= 11 is 5.74. The molecule has 2 rings (SSSR count). The molecule has 1 heterocycles. The van der Waals surface area contributed by atoms with Crippen LogP contribution in [0.5, 0.6) is 0 Å². The molecule has 0 aromatic heterocycles. The fourth-order valence-electron chi connectivity index (χ4n) is 2.35. The molecule has 0 spiro atoms. The lowest BCUT2D eigenvalue weighted by molar-refractivity contribution is 0.224. The number of hydrogen-bond donors (Lipinski definition) is 0. The second kappa shape index (κ2) is 2.78. The average Bonchev–Trinajstić information content (AvgIpc) is 2.28. The highest BCUT2D eigenvalue weighted by atomic mass is 79.9. The minimum Gasteiger partial charge on any atom is -0.126 e. The van der Waals surface area contributed by atoms with E-state index in [-0.39, 0.29) is 0 Å². The van der Waals surface area contributed by atoms with Crippen molar-refractivity contribution in [3.05, 3.63) is 9.89 Å². The van der Waals surface area contributed by atoms with E-state index in [1.54, 1.807) is 0 Å². The molecular formula is C10H15BrS. The van der Waals surface area contributed by atoms with E-state index in [1.165, 1.54) is 30.2 Å². The fourth-order valence-corrected chi connectivity index (χ4v) is 4.76. The third-order valence-electron chi connectivity index (χ3n) is 3.70. The van der Waals surface area contributed by atoms with Crippen LogP contribution in [0.3, 0.4) is 0 Å². The van der Waals surface area contributed by atoms with Crippen molar-refractivity contribution < 1.29 is 0 Å². The van der Waals surface area contributed by atoms with Gasteiger partial charge >= 0.3 is 0 Å². The van der Waals surface area contributed by atoms with E-state index in [9.17, 15) is 0 Å². The fraction of sp³-hybridized carbons (Fsp3) is 0.800. The van der Waals surface area contributed by atoms with Crippen molar-refractivity contribution in [2.24, 2.45) is 5.41 Å². The second-order valence-corrected chi connectivity index (χ2v) is 6.58. The summed E-state index contributed by atoms with van der Waals surface area (Å²) in [6.45, 7) is 4.83. The standard InChI is InChI=1S/C10H15BrS/c1-9-5-3-4-6-10(9,2)12-7-8(9)11/h7H,3-6H2,1-2H3. The smallest absolute Gasteiger partial charge is 0.0272 e. The van der Waals surface area contributed by atoms with Crippen LogP contribution in [0.2, 0.25) is 0 Å². The monoisotopic (exact) mass is 246 g/mol. The number of rotatable bonds is 0. The Hall–Kier alpha value is 0.570. The van der Waals surface area contributed by atoms with E-state index in [1.807, 2.05) is 11.8 Å². The number of thioether (sulfide) groups is 1. The number of halogens is 1. The Morgan fingerprint density at radius 3 is 2.67 bits per heavy atom. The van der Waals surface area contributed by atoms with Crippen LogP contribution < -0.4 is 0 Å². The molecule has 12 heavy (non-hydrogen) atoms. The lowest BCUT2D eigenvalue weighted by Gasteiger charge is -2.45. The molecular weight excluding hydrogens is 232 g/mol. The van der Waals surface area contributed by atoms with Crippen LogP contribution >= 0.6 is 27.7 Å². The molecule has 1 aliphatic heterocycles. The van der Waals surface area contributed by atoms with E-state index in [4.69, 9.17) is 0 Å². The van der Waals surface area contributed by atoms with E-state index in [2.05, 4.69) is 35.2 Å². The number of fused-ring (bicyclic) bond motifs is 1. The zero-order valence-corrected chi connectivity index (χ0v) is 10.1.